The van der Waals surface area contributed by atoms with Crippen molar-refractivity contribution in [1.29, 1.82) is 0 Å². The van der Waals surface area contributed by atoms with E-state index in [0.717, 1.165) is 38.5 Å². The summed E-state index contributed by atoms with van der Waals surface area (Å²) >= 11 is 6.79. The molecule has 4 aromatic heterocycles. The molecule has 11 nitrogen and oxygen atoms in total. The number of ether oxygens (including phenoxy) is 2. The molecule has 0 bridgehead atoms. The van der Waals surface area contributed by atoms with Crippen molar-refractivity contribution in [3.05, 3.63) is 41.3 Å². The van der Waals surface area contributed by atoms with Gasteiger partial charge < -0.3 is 24.7 Å². The molecule has 1 fully saturated rings. The topological polar surface area (TPSA) is 107 Å². The highest BCUT2D eigenvalue weighted by molar-refractivity contribution is 6.36. The van der Waals surface area contributed by atoms with Crippen molar-refractivity contribution in [2.45, 2.75) is 38.6 Å². The average Bonchev–Trinajstić information content (AvgIpc) is 3.62. The number of aryl methyl sites for hydroxylation is 1. The van der Waals surface area contributed by atoms with E-state index in [9.17, 15) is 0 Å². The molecule has 2 N–H and O–H groups in total. The second-order valence-electron chi connectivity index (χ2n) is 10.8. The van der Waals surface area contributed by atoms with Gasteiger partial charge in [0.05, 0.1) is 18.8 Å². The minimum atomic E-state index is -0.0730. The van der Waals surface area contributed by atoms with Crippen LogP contribution in [0.4, 0.5) is 17.6 Å². The van der Waals surface area contributed by atoms with Gasteiger partial charge in [0.2, 0.25) is 5.95 Å². The quantitative estimate of drug-likeness (QED) is 0.296. The van der Waals surface area contributed by atoms with E-state index in [1.807, 2.05) is 11.6 Å². The number of nitrogens with one attached hydrogen (secondary N) is 2. The molecule has 12 heteroatoms. The maximum absolute atomic E-state index is 6.79. The van der Waals surface area contributed by atoms with E-state index >= 15 is 0 Å². The first-order valence-electron chi connectivity index (χ1n) is 13.1. The van der Waals surface area contributed by atoms with Crippen molar-refractivity contribution in [3.8, 4) is 11.5 Å². The molecule has 4 aromatic rings. The summed E-state index contributed by atoms with van der Waals surface area (Å²) < 4.78 is 15.4. The first kappa shape index (κ1) is 27.2. The predicted molar refractivity (Wildman–Crippen MR) is 154 cm³/mol. The monoisotopic (exact) mass is 553 g/mol. The Labute approximate surface area is 233 Å². The standard InChI is InChI=1S/C27H36ClN9O2/c1-27(2,3)20-14-22(34-37(20)17-8-10-36(16-17)11-12-38-6)32-26-33-25-24(35(26)5)23(28)19(15-31-25)39-18-7-9-30-21(13-18)29-4/h7,9,13-15,17H,8,10-12,16H2,1-6H3,(H,29,30)(H,31,32,33,34). The number of likely N-dealkylation sites (tertiary alicyclic amines) is 1. The summed E-state index contributed by atoms with van der Waals surface area (Å²) in [5, 5.41) is 11.8. The Morgan fingerprint density at radius 3 is 2.74 bits per heavy atom. The Bertz CT molecular complexity index is 1460. The molecular weight excluding hydrogens is 518 g/mol. The molecule has 208 valence electrons. The van der Waals surface area contributed by atoms with Crippen molar-refractivity contribution in [3.63, 3.8) is 0 Å². The zero-order valence-corrected chi connectivity index (χ0v) is 24.1. The number of imidazole rings is 1. The summed E-state index contributed by atoms with van der Waals surface area (Å²) in [6.07, 6.45) is 4.30. The fraction of sp³-hybridized carbons (Fsp3) is 0.481. The Hall–Kier alpha value is -3.41. The van der Waals surface area contributed by atoms with Crippen LogP contribution < -0.4 is 15.4 Å². The van der Waals surface area contributed by atoms with Gasteiger partial charge in [-0.05, 0) is 12.5 Å². The second kappa shape index (κ2) is 11.0. The van der Waals surface area contributed by atoms with Crippen LogP contribution in [0.3, 0.4) is 0 Å². The Morgan fingerprint density at radius 1 is 1.18 bits per heavy atom. The highest BCUT2D eigenvalue weighted by Crippen LogP contribution is 2.37. The zero-order chi connectivity index (χ0) is 27.7. The van der Waals surface area contributed by atoms with Crippen molar-refractivity contribution in [2.75, 3.05) is 51.0 Å². The van der Waals surface area contributed by atoms with E-state index in [1.165, 1.54) is 5.69 Å². The Balaban J connectivity index is 1.42. The summed E-state index contributed by atoms with van der Waals surface area (Å²) in [5.41, 5.74) is 2.28. The van der Waals surface area contributed by atoms with E-state index in [1.54, 1.807) is 38.7 Å². The third-order valence-electron chi connectivity index (χ3n) is 6.97. The summed E-state index contributed by atoms with van der Waals surface area (Å²) in [4.78, 5) is 15.9. The van der Waals surface area contributed by atoms with E-state index in [4.69, 9.17) is 31.2 Å². The van der Waals surface area contributed by atoms with Gasteiger partial charge in [0.25, 0.3) is 0 Å². The van der Waals surface area contributed by atoms with Crippen LogP contribution >= 0.6 is 11.6 Å². The van der Waals surface area contributed by atoms with Gasteiger partial charge in [-0.25, -0.2) is 9.97 Å². The molecule has 0 radical (unpaired) electrons. The van der Waals surface area contributed by atoms with Gasteiger partial charge in [-0.3, -0.25) is 9.58 Å². The molecular formula is C27H36ClN9O2. The lowest BCUT2D eigenvalue weighted by atomic mass is 9.91. The first-order chi connectivity index (χ1) is 18.7. The van der Waals surface area contributed by atoms with Crippen molar-refractivity contribution in [2.24, 2.45) is 7.05 Å². The number of nitrogens with zero attached hydrogens (tertiary/aromatic N) is 7. The van der Waals surface area contributed by atoms with Crippen LogP contribution in [0.2, 0.25) is 5.02 Å². The molecule has 5 rings (SSSR count). The van der Waals surface area contributed by atoms with Crippen molar-refractivity contribution < 1.29 is 9.47 Å². The molecule has 0 saturated carbocycles. The van der Waals surface area contributed by atoms with Crippen molar-refractivity contribution in [1.82, 2.24) is 34.2 Å². The Morgan fingerprint density at radius 2 is 2.00 bits per heavy atom. The lowest BCUT2D eigenvalue weighted by molar-refractivity contribution is 0.158. The molecule has 1 unspecified atom stereocenters. The van der Waals surface area contributed by atoms with Crippen LogP contribution in [0.5, 0.6) is 11.5 Å². The highest BCUT2D eigenvalue weighted by atomic mass is 35.5. The number of hydrogen-bond donors (Lipinski definition) is 2. The van der Waals surface area contributed by atoms with Crippen LogP contribution in [-0.4, -0.2) is 74.6 Å². The summed E-state index contributed by atoms with van der Waals surface area (Å²) in [7, 11) is 5.44. The minimum Gasteiger partial charge on any atom is -0.454 e. The summed E-state index contributed by atoms with van der Waals surface area (Å²) in [6, 6.07) is 5.98. The average molecular weight is 554 g/mol. The fourth-order valence-electron chi connectivity index (χ4n) is 4.88. The molecule has 0 aromatic carbocycles. The van der Waals surface area contributed by atoms with Gasteiger partial charge in [-0.15, -0.1) is 0 Å². The van der Waals surface area contributed by atoms with Crippen LogP contribution in [0, 0.1) is 0 Å². The van der Waals surface area contributed by atoms with Gasteiger partial charge >= 0.3 is 0 Å². The molecule has 0 amide bonds. The van der Waals surface area contributed by atoms with Gasteiger partial charge in [0, 0.05) is 70.3 Å². The molecule has 0 spiro atoms. The molecule has 1 aliphatic heterocycles. The van der Waals surface area contributed by atoms with Crippen LogP contribution in [0.15, 0.2) is 30.6 Å². The highest BCUT2D eigenvalue weighted by Gasteiger charge is 2.30. The minimum absolute atomic E-state index is 0.0730. The van der Waals surface area contributed by atoms with E-state index in [-0.39, 0.29) is 5.41 Å². The van der Waals surface area contributed by atoms with Crippen LogP contribution in [-0.2, 0) is 17.2 Å². The number of pyridine rings is 2. The normalized spacial score (nSPS) is 16.2. The number of anilines is 3. The first-order valence-corrected chi connectivity index (χ1v) is 13.5. The van der Waals surface area contributed by atoms with E-state index in [0.29, 0.717) is 45.5 Å². The number of halogens is 1. The number of hydrogen-bond acceptors (Lipinski definition) is 9. The molecule has 39 heavy (non-hydrogen) atoms. The van der Waals surface area contributed by atoms with E-state index < -0.39 is 0 Å². The summed E-state index contributed by atoms with van der Waals surface area (Å²) in [5.74, 6) is 3.06. The molecule has 1 saturated heterocycles. The second-order valence-corrected chi connectivity index (χ2v) is 11.2. The van der Waals surface area contributed by atoms with Gasteiger partial charge in [-0.2, -0.15) is 10.1 Å². The molecule has 1 atom stereocenters. The predicted octanol–water partition coefficient (Wildman–Crippen LogP) is 4.98. The fourth-order valence-corrected chi connectivity index (χ4v) is 5.18. The van der Waals surface area contributed by atoms with Gasteiger partial charge in [0.15, 0.2) is 17.2 Å². The number of fused-ring (bicyclic) bond motifs is 1. The number of aromatic nitrogens is 6. The molecule has 1 aliphatic rings. The lowest BCUT2D eigenvalue weighted by Gasteiger charge is -2.23. The SMILES string of the molecule is CNc1cc(Oc2cnc3nc(Nc4cc(C(C)(C)C)n(C5CCN(CCOC)C5)n4)n(C)c3c2Cl)ccn1. The third kappa shape index (κ3) is 5.66. The molecule has 5 heterocycles. The number of rotatable bonds is 9. The summed E-state index contributed by atoms with van der Waals surface area (Å²) in [6.45, 7) is 10.3. The smallest absolute Gasteiger partial charge is 0.210 e. The van der Waals surface area contributed by atoms with Crippen LogP contribution in [0.1, 0.15) is 38.9 Å². The largest absolute Gasteiger partial charge is 0.454 e. The zero-order valence-electron chi connectivity index (χ0n) is 23.3. The maximum Gasteiger partial charge on any atom is 0.210 e. The maximum atomic E-state index is 6.79. The Kier molecular flexibility index (Phi) is 7.66. The molecule has 0 aliphatic carbocycles. The third-order valence-corrected chi connectivity index (χ3v) is 7.33. The van der Waals surface area contributed by atoms with Crippen molar-refractivity contribution >= 4 is 40.3 Å². The number of methoxy groups -OCH3 is 1. The van der Waals surface area contributed by atoms with Crippen LogP contribution in [0.25, 0.3) is 11.2 Å². The van der Waals surface area contributed by atoms with Gasteiger partial charge in [0.1, 0.15) is 22.1 Å². The van der Waals surface area contributed by atoms with Gasteiger partial charge in [-0.1, -0.05) is 32.4 Å². The van der Waals surface area contributed by atoms with E-state index in [2.05, 4.69) is 57.0 Å². The lowest BCUT2D eigenvalue weighted by Crippen LogP contribution is -2.27.